The van der Waals surface area contributed by atoms with E-state index in [0.29, 0.717) is 22.5 Å². The van der Waals surface area contributed by atoms with Gasteiger partial charge in [-0.2, -0.15) is 0 Å². The first kappa shape index (κ1) is 18.2. The second-order valence-electron chi connectivity index (χ2n) is 5.77. The number of ether oxygens (including phenoxy) is 1. The summed E-state index contributed by atoms with van der Waals surface area (Å²) in [4.78, 5) is 37.8. The van der Waals surface area contributed by atoms with Crippen molar-refractivity contribution in [2.24, 2.45) is 5.92 Å². The molecule has 0 amide bonds. The van der Waals surface area contributed by atoms with Crippen molar-refractivity contribution in [2.75, 3.05) is 6.61 Å². The first-order chi connectivity index (χ1) is 13.0. The standard InChI is InChI=1S/C18H16N2O7/c21-16(22)13(17(23)24)10-11-3-5-12(6-4-11)26-9-8-20-15-14(27-18(20)25)2-1-7-19-15/h1-7,13H,8-10H2,(H,21,22)(H,23,24). The Morgan fingerprint density at radius 3 is 2.52 bits per heavy atom. The molecule has 0 radical (unpaired) electrons. The Hall–Kier alpha value is -3.62. The zero-order valence-electron chi connectivity index (χ0n) is 14.1. The van der Waals surface area contributed by atoms with E-state index >= 15 is 0 Å². The SMILES string of the molecule is O=C(O)C(Cc1ccc(OCCn2c(=O)oc3cccnc32)cc1)C(=O)O. The molecule has 0 aliphatic rings. The largest absolute Gasteiger partial charge is 0.492 e. The third-order valence-electron chi connectivity index (χ3n) is 3.97. The molecule has 2 aromatic heterocycles. The first-order valence-corrected chi connectivity index (χ1v) is 8.07. The lowest BCUT2D eigenvalue weighted by Crippen LogP contribution is -2.25. The molecule has 0 aliphatic carbocycles. The summed E-state index contributed by atoms with van der Waals surface area (Å²) in [7, 11) is 0. The van der Waals surface area contributed by atoms with Gasteiger partial charge in [0.05, 0.1) is 6.54 Å². The van der Waals surface area contributed by atoms with Crippen molar-refractivity contribution in [3.05, 3.63) is 58.7 Å². The van der Waals surface area contributed by atoms with Gasteiger partial charge in [0.1, 0.15) is 12.4 Å². The van der Waals surface area contributed by atoms with Gasteiger partial charge in [0.15, 0.2) is 17.1 Å². The van der Waals surface area contributed by atoms with Gasteiger partial charge in [0, 0.05) is 6.20 Å². The minimum Gasteiger partial charge on any atom is -0.492 e. The lowest BCUT2D eigenvalue weighted by atomic mass is 10.00. The van der Waals surface area contributed by atoms with Crippen molar-refractivity contribution in [3.8, 4) is 5.75 Å². The zero-order chi connectivity index (χ0) is 19.4. The maximum absolute atomic E-state index is 11.8. The Balaban J connectivity index is 1.60. The zero-order valence-corrected chi connectivity index (χ0v) is 14.1. The summed E-state index contributed by atoms with van der Waals surface area (Å²) >= 11 is 0. The highest BCUT2D eigenvalue weighted by molar-refractivity contribution is 5.93. The highest BCUT2D eigenvalue weighted by atomic mass is 16.5. The number of rotatable bonds is 8. The fourth-order valence-electron chi connectivity index (χ4n) is 2.59. The number of carboxylic acids is 2. The monoisotopic (exact) mass is 372 g/mol. The predicted octanol–water partition coefficient (Wildman–Crippen LogP) is 1.40. The third-order valence-corrected chi connectivity index (χ3v) is 3.97. The van der Waals surface area contributed by atoms with Crippen LogP contribution in [-0.4, -0.2) is 38.3 Å². The number of oxazole rings is 1. The van der Waals surface area contributed by atoms with Crippen molar-refractivity contribution in [3.63, 3.8) is 0 Å². The normalized spacial score (nSPS) is 11.0. The maximum atomic E-state index is 11.8. The van der Waals surface area contributed by atoms with Gasteiger partial charge in [-0.25, -0.2) is 9.78 Å². The van der Waals surface area contributed by atoms with Crippen molar-refractivity contribution in [2.45, 2.75) is 13.0 Å². The summed E-state index contributed by atoms with van der Waals surface area (Å²) in [5.41, 5.74) is 1.41. The van der Waals surface area contributed by atoms with Gasteiger partial charge in [-0.15, -0.1) is 0 Å². The quantitative estimate of drug-likeness (QED) is 0.567. The minimum absolute atomic E-state index is 0.118. The van der Waals surface area contributed by atoms with Crippen molar-refractivity contribution in [1.82, 2.24) is 9.55 Å². The summed E-state index contributed by atoms with van der Waals surface area (Å²) < 4.78 is 12.0. The molecule has 3 rings (SSSR count). The van der Waals surface area contributed by atoms with E-state index in [1.54, 1.807) is 42.6 Å². The number of carboxylic acid groups (broad SMARTS) is 2. The van der Waals surface area contributed by atoms with Gasteiger partial charge in [0.25, 0.3) is 0 Å². The molecule has 3 aromatic rings. The maximum Gasteiger partial charge on any atom is 0.421 e. The molecule has 2 N–H and O–H groups in total. The molecule has 0 saturated carbocycles. The second kappa shape index (κ2) is 7.73. The number of aromatic nitrogens is 2. The number of pyridine rings is 1. The van der Waals surface area contributed by atoms with E-state index in [0.717, 1.165) is 0 Å². The van der Waals surface area contributed by atoms with Crippen molar-refractivity contribution in [1.29, 1.82) is 0 Å². The van der Waals surface area contributed by atoms with Gasteiger partial charge in [-0.1, -0.05) is 12.1 Å². The van der Waals surface area contributed by atoms with Gasteiger partial charge in [-0.3, -0.25) is 14.2 Å². The summed E-state index contributed by atoms with van der Waals surface area (Å²) in [5.74, 6) is -4.26. The van der Waals surface area contributed by atoms with Crippen LogP contribution < -0.4 is 10.5 Å². The molecule has 0 atom stereocenters. The van der Waals surface area contributed by atoms with Crippen LogP contribution in [0.5, 0.6) is 5.75 Å². The predicted molar refractivity (Wildman–Crippen MR) is 92.7 cm³/mol. The van der Waals surface area contributed by atoms with Crippen molar-refractivity contribution >= 4 is 23.2 Å². The van der Waals surface area contributed by atoms with Crippen LogP contribution in [0.2, 0.25) is 0 Å². The van der Waals surface area contributed by atoms with Gasteiger partial charge in [0.2, 0.25) is 0 Å². The lowest BCUT2D eigenvalue weighted by molar-refractivity contribution is -0.154. The minimum atomic E-state index is -1.49. The Kier molecular flexibility index (Phi) is 5.20. The van der Waals surface area contributed by atoms with Crippen LogP contribution in [0.3, 0.4) is 0 Å². The lowest BCUT2D eigenvalue weighted by Gasteiger charge is -2.09. The molecule has 2 heterocycles. The van der Waals surface area contributed by atoms with Gasteiger partial charge in [-0.05, 0) is 36.2 Å². The smallest absolute Gasteiger partial charge is 0.421 e. The molecule has 27 heavy (non-hydrogen) atoms. The highest BCUT2D eigenvalue weighted by Gasteiger charge is 2.25. The van der Waals surface area contributed by atoms with E-state index in [9.17, 15) is 14.4 Å². The molecule has 0 saturated heterocycles. The molecule has 0 aliphatic heterocycles. The fraction of sp³-hybridized carbons (Fsp3) is 0.222. The topological polar surface area (TPSA) is 132 Å². The van der Waals surface area contributed by atoms with Crippen LogP contribution >= 0.6 is 0 Å². The number of benzene rings is 1. The van der Waals surface area contributed by atoms with Crippen LogP contribution in [0.25, 0.3) is 11.2 Å². The van der Waals surface area contributed by atoms with Gasteiger partial charge < -0.3 is 19.4 Å². The van der Waals surface area contributed by atoms with Crippen LogP contribution in [0, 0.1) is 5.92 Å². The van der Waals surface area contributed by atoms with E-state index in [4.69, 9.17) is 19.4 Å². The van der Waals surface area contributed by atoms with Crippen molar-refractivity contribution < 1.29 is 29.0 Å². The Morgan fingerprint density at radius 2 is 1.85 bits per heavy atom. The first-order valence-electron chi connectivity index (χ1n) is 8.07. The molecule has 0 spiro atoms. The number of aliphatic carboxylic acids is 2. The number of carbonyl (C=O) groups is 2. The average molecular weight is 372 g/mol. The molecule has 0 bridgehead atoms. The van der Waals surface area contributed by atoms with Crippen LogP contribution in [0.1, 0.15) is 5.56 Å². The third kappa shape index (κ3) is 4.14. The molecule has 9 nitrogen and oxygen atoms in total. The van der Waals surface area contributed by atoms with E-state index in [1.165, 1.54) is 4.57 Å². The van der Waals surface area contributed by atoms with Crippen LogP contribution in [-0.2, 0) is 22.6 Å². The Labute approximate surface area is 152 Å². The van der Waals surface area contributed by atoms with E-state index in [2.05, 4.69) is 4.98 Å². The highest BCUT2D eigenvalue weighted by Crippen LogP contribution is 2.16. The number of hydrogen-bond acceptors (Lipinski definition) is 6. The number of nitrogens with zero attached hydrogens (tertiary/aromatic N) is 2. The van der Waals surface area contributed by atoms with E-state index < -0.39 is 23.6 Å². The van der Waals surface area contributed by atoms with E-state index in [-0.39, 0.29) is 19.6 Å². The second-order valence-corrected chi connectivity index (χ2v) is 5.77. The Morgan fingerprint density at radius 1 is 1.15 bits per heavy atom. The number of hydrogen-bond donors (Lipinski definition) is 2. The van der Waals surface area contributed by atoms with Crippen LogP contribution in [0.4, 0.5) is 0 Å². The van der Waals surface area contributed by atoms with Crippen LogP contribution in [0.15, 0.2) is 51.8 Å². The molecular weight excluding hydrogens is 356 g/mol. The summed E-state index contributed by atoms with van der Waals surface area (Å²) in [5, 5.41) is 17.8. The summed E-state index contributed by atoms with van der Waals surface area (Å²) in [6, 6.07) is 9.77. The Bertz CT molecular complexity index is 1010. The average Bonchev–Trinajstić information content (AvgIpc) is 2.96. The summed E-state index contributed by atoms with van der Waals surface area (Å²) in [6.07, 6.45) is 1.45. The summed E-state index contributed by atoms with van der Waals surface area (Å²) in [6.45, 7) is 0.433. The molecular formula is C18H16N2O7. The fourth-order valence-corrected chi connectivity index (χ4v) is 2.59. The molecule has 140 valence electrons. The van der Waals surface area contributed by atoms with E-state index in [1.807, 2.05) is 0 Å². The van der Waals surface area contributed by atoms with Gasteiger partial charge >= 0.3 is 17.7 Å². The molecule has 1 aromatic carbocycles. The molecule has 0 unspecified atom stereocenters. The number of fused-ring (bicyclic) bond motifs is 1. The molecule has 0 fully saturated rings. The molecule has 9 heteroatoms.